The van der Waals surface area contributed by atoms with Crippen LogP contribution in [0.4, 0.5) is 0 Å². The summed E-state index contributed by atoms with van der Waals surface area (Å²) in [6.07, 6.45) is 5.02. The molecule has 2 aromatic heterocycles. The molecule has 0 spiro atoms. The normalized spacial score (nSPS) is 12.9. The highest BCUT2D eigenvalue weighted by Gasteiger charge is 2.22. The van der Waals surface area contributed by atoms with Gasteiger partial charge in [-0.3, -0.25) is 4.79 Å². The van der Waals surface area contributed by atoms with Crippen LogP contribution in [0.1, 0.15) is 39.2 Å². The van der Waals surface area contributed by atoms with Gasteiger partial charge in [-0.15, -0.1) is 0 Å². The highest BCUT2D eigenvalue weighted by atomic mass is 16.3. The summed E-state index contributed by atoms with van der Waals surface area (Å²) in [4.78, 5) is 22.5. The molecule has 0 N–H and O–H groups in total. The third-order valence-electron chi connectivity index (χ3n) is 6.60. The first-order valence-electron chi connectivity index (χ1n) is 12.0. The van der Waals surface area contributed by atoms with Gasteiger partial charge in [0, 0.05) is 30.6 Å². The molecule has 1 aliphatic carbocycles. The van der Waals surface area contributed by atoms with Gasteiger partial charge in [-0.1, -0.05) is 23.8 Å². The van der Waals surface area contributed by atoms with E-state index in [1.807, 2.05) is 19.0 Å². The molecule has 174 valence electrons. The summed E-state index contributed by atoms with van der Waals surface area (Å²) in [5.41, 5.74) is 8.14. The van der Waals surface area contributed by atoms with Crippen LogP contribution < -0.4 is 0 Å². The van der Waals surface area contributed by atoms with Crippen LogP contribution in [0.3, 0.4) is 0 Å². The van der Waals surface area contributed by atoms with E-state index in [-0.39, 0.29) is 5.91 Å². The Balaban J connectivity index is 1.60. The predicted octanol–water partition coefficient (Wildman–Crippen LogP) is 5.50. The van der Waals surface area contributed by atoms with E-state index in [1.165, 1.54) is 23.1 Å². The van der Waals surface area contributed by atoms with E-state index in [0.717, 1.165) is 47.1 Å². The van der Waals surface area contributed by atoms with Crippen molar-refractivity contribution in [3.05, 3.63) is 88.9 Å². The van der Waals surface area contributed by atoms with Crippen molar-refractivity contribution in [3.63, 3.8) is 0 Å². The van der Waals surface area contributed by atoms with E-state index < -0.39 is 0 Å². The average molecular weight is 454 g/mol. The summed E-state index contributed by atoms with van der Waals surface area (Å²) in [6.45, 7) is 3.93. The monoisotopic (exact) mass is 453 g/mol. The van der Waals surface area contributed by atoms with Gasteiger partial charge < -0.3 is 14.2 Å². The highest BCUT2D eigenvalue weighted by molar-refractivity contribution is 5.92. The Morgan fingerprint density at radius 1 is 1.00 bits per heavy atom. The summed E-state index contributed by atoms with van der Waals surface area (Å²) < 4.78 is 5.45. The minimum atomic E-state index is -0.101. The van der Waals surface area contributed by atoms with Gasteiger partial charge in [0.2, 0.25) is 0 Å². The molecule has 0 radical (unpaired) electrons. The zero-order chi connectivity index (χ0) is 23.7. The molecule has 0 fully saturated rings. The van der Waals surface area contributed by atoms with E-state index in [1.54, 1.807) is 18.4 Å². The van der Waals surface area contributed by atoms with Crippen molar-refractivity contribution in [1.29, 1.82) is 0 Å². The number of hydrogen-bond donors (Lipinski definition) is 0. The number of carbonyl (C=O) groups is 1. The second-order valence-electron chi connectivity index (χ2n) is 9.54. The molecule has 2 heterocycles. The van der Waals surface area contributed by atoms with Gasteiger partial charge in [0.25, 0.3) is 5.91 Å². The van der Waals surface area contributed by atoms with Gasteiger partial charge in [-0.2, -0.15) is 0 Å². The van der Waals surface area contributed by atoms with Crippen molar-refractivity contribution < 1.29 is 9.21 Å². The van der Waals surface area contributed by atoms with Crippen molar-refractivity contribution in [2.45, 2.75) is 32.7 Å². The molecule has 5 heteroatoms. The zero-order valence-electron chi connectivity index (χ0n) is 20.2. The largest absolute Gasteiger partial charge is 0.459 e. The minimum absolute atomic E-state index is 0.101. The van der Waals surface area contributed by atoms with Crippen LogP contribution in [0, 0.1) is 6.92 Å². The van der Waals surface area contributed by atoms with E-state index >= 15 is 0 Å². The minimum Gasteiger partial charge on any atom is -0.459 e. The van der Waals surface area contributed by atoms with Crippen LogP contribution in [0.15, 0.2) is 65.3 Å². The van der Waals surface area contributed by atoms with Gasteiger partial charge in [0.15, 0.2) is 5.76 Å². The second kappa shape index (κ2) is 9.43. The number of likely N-dealkylation sites (N-methyl/N-ethyl adjacent to an activating group) is 1. The van der Waals surface area contributed by atoms with Gasteiger partial charge in [0.05, 0.1) is 17.5 Å². The molecule has 4 aromatic rings. The van der Waals surface area contributed by atoms with Crippen LogP contribution in [0.25, 0.3) is 22.2 Å². The molecule has 34 heavy (non-hydrogen) atoms. The molecule has 0 saturated heterocycles. The molecule has 0 saturated carbocycles. The summed E-state index contributed by atoms with van der Waals surface area (Å²) in [5, 5.41) is 1.14. The number of furan rings is 1. The Morgan fingerprint density at radius 3 is 2.56 bits per heavy atom. The third-order valence-corrected chi connectivity index (χ3v) is 6.60. The van der Waals surface area contributed by atoms with Gasteiger partial charge in [0.1, 0.15) is 0 Å². The summed E-state index contributed by atoms with van der Waals surface area (Å²) in [6, 6.07) is 18.7. The van der Waals surface area contributed by atoms with Crippen molar-refractivity contribution in [2.75, 3.05) is 27.2 Å². The molecular formula is C29H31N3O2. The number of aromatic nitrogens is 1. The first-order chi connectivity index (χ1) is 16.5. The third kappa shape index (κ3) is 4.62. The predicted molar refractivity (Wildman–Crippen MR) is 136 cm³/mol. The molecule has 5 rings (SSSR count). The number of aryl methyl sites for hydroxylation is 3. The Bertz CT molecular complexity index is 1320. The van der Waals surface area contributed by atoms with Crippen molar-refractivity contribution in [1.82, 2.24) is 14.8 Å². The smallest absolute Gasteiger partial charge is 0.289 e. The highest BCUT2D eigenvalue weighted by Crippen LogP contribution is 2.32. The fourth-order valence-electron chi connectivity index (χ4n) is 4.79. The molecular weight excluding hydrogens is 422 g/mol. The number of nitrogens with zero attached hydrogens (tertiary/aromatic N) is 3. The zero-order valence-corrected chi connectivity index (χ0v) is 20.2. The Labute approximate surface area is 201 Å². The van der Waals surface area contributed by atoms with E-state index in [4.69, 9.17) is 9.40 Å². The molecule has 0 aliphatic heterocycles. The molecule has 5 nitrogen and oxygen atoms in total. The molecule has 0 atom stereocenters. The van der Waals surface area contributed by atoms with Crippen LogP contribution in [-0.4, -0.2) is 47.9 Å². The van der Waals surface area contributed by atoms with Crippen LogP contribution >= 0.6 is 0 Å². The van der Waals surface area contributed by atoms with Crippen LogP contribution in [0.2, 0.25) is 0 Å². The second-order valence-corrected chi connectivity index (χ2v) is 9.54. The molecule has 1 aliphatic rings. The Hall–Kier alpha value is -3.44. The fraction of sp³-hybridized carbons (Fsp3) is 0.310. The maximum atomic E-state index is 13.3. The SMILES string of the molecule is Cc1cccc(-c2nc3cc4c(cc3cc2CN(CCN(C)C)C(=O)c2ccco2)CCC4)c1. The Morgan fingerprint density at radius 2 is 1.82 bits per heavy atom. The maximum Gasteiger partial charge on any atom is 0.289 e. The quantitative estimate of drug-likeness (QED) is 0.371. The number of fused-ring (bicyclic) bond motifs is 2. The van der Waals surface area contributed by atoms with Crippen molar-refractivity contribution in [2.24, 2.45) is 0 Å². The van der Waals surface area contributed by atoms with E-state index in [9.17, 15) is 4.79 Å². The van der Waals surface area contributed by atoms with E-state index in [0.29, 0.717) is 18.8 Å². The van der Waals surface area contributed by atoms with Gasteiger partial charge >= 0.3 is 0 Å². The molecule has 0 bridgehead atoms. The van der Waals surface area contributed by atoms with Crippen LogP contribution in [-0.2, 0) is 19.4 Å². The lowest BCUT2D eigenvalue weighted by Crippen LogP contribution is -2.36. The molecule has 0 unspecified atom stereocenters. The standard InChI is InChI=1S/C29H31N3O2/c1-20-7-4-10-23(15-20)28-25(17-24-16-21-8-5-9-22(21)18-26(24)30-28)19-32(13-12-31(2)3)29(33)27-11-6-14-34-27/h4,6-7,10-11,14-18H,5,8-9,12-13,19H2,1-3H3. The number of hydrogen-bond acceptors (Lipinski definition) is 4. The number of rotatable bonds is 7. The summed E-state index contributed by atoms with van der Waals surface area (Å²) in [7, 11) is 4.04. The topological polar surface area (TPSA) is 49.6 Å². The van der Waals surface area contributed by atoms with Crippen LogP contribution in [0.5, 0.6) is 0 Å². The summed E-state index contributed by atoms with van der Waals surface area (Å²) >= 11 is 0. The lowest BCUT2D eigenvalue weighted by atomic mass is 9.99. The van der Waals surface area contributed by atoms with Gasteiger partial charge in [-0.05, 0) is 93.4 Å². The lowest BCUT2D eigenvalue weighted by molar-refractivity contribution is 0.0700. The van der Waals surface area contributed by atoms with Gasteiger partial charge in [-0.25, -0.2) is 4.98 Å². The number of pyridine rings is 1. The summed E-state index contributed by atoms with van der Waals surface area (Å²) in [5.74, 6) is 0.263. The first kappa shape index (κ1) is 22.4. The Kier molecular flexibility index (Phi) is 6.20. The maximum absolute atomic E-state index is 13.3. The number of amides is 1. The lowest BCUT2D eigenvalue weighted by Gasteiger charge is -2.25. The van der Waals surface area contributed by atoms with Crippen molar-refractivity contribution in [3.8, 4) is 11.3 Å². The van der Waals surface area contributed by atoms with Crippen molar-refractivity contribution >= 4 is 16.8 Å². The number of benzene rings is 2. The first-order valence-corrected chi connectivity index (χ1v) is 12.0. The fourth-order valence-corrected chi connectivity index (χ4v) is 4.79. The molecule has 2 aromatic carbocycles. The molecule has 1 amide bonds. The average Bonchev–Trinajstić information content (AvgIpc) is 3.51. The number of carbonyl (C=O) groups excluding carboxylic acids is 1. The van der Waals surface area contributed by atoms with E-state index in [2.05, 4.69) is 54.3 Å².